The second-order valence-electron chi connectivity index (χ2n) is 6.43. The first-order valence-electron chi connectivity index (χ1n) is 8.70. The van der Waals surface area contributed by atoms with Gasteiger partial charge in [0.1, 0.15) is 0 Å². The van der Waals surface area contributed by atoms with Crippen LogP contribution in [0.1, 0.15) is 22.8 Å². The highest BCUT2D eigenvalue weighted by Crippen LogP contribution is 2.28. The third kappa shape index (κ3) is 3.37. The van der Waals surface area contributed by atoms with Gasteiger partial charge in [0, 0.05) is 41.7 Å². The zero-order chi connectivity index (χ0) is 18.8. The normalized spacial score (nSPS) is 10.7. The number of hydrogen-bond acceptors (Lipinski definition) is 2. The zero-order valence-corrected chi connectivity index (χ0v) is 14.8. The number of anilines is 1. The number of carbonyl (C=O) groups excluding carboxylic acids is 2. The van der Waals surface area contributed by atoms with Crippen molar-refractivity contribution in [2.45, 2.75) is 6.92 Å². The molecule has 0 aliphatic heterocycles. The van der Waals surface area contributed by atoms with Gasteiger partial charge in [-0.1, -0.05) is 48.5 Å². The van der Waals surface area contributed by atoms with E-state index in [0.29, 0.717) is 11.1 Å². The predicted molar refractivity (Wildman–Crippen MR) is 108 cm³/mol. The minimum atomic E-state index is -0.114. The number of fused-ring (bicyclic) bond motifs is 1. The number of ketones is 1. The van der Waals surface area contributed by atoms with Crippen molar-refractivity contribution in [3.63, 3.8) is 0 Å². The van der Waals surface area contributed by atoms with Crippen LogP contribution in [-0.2, 0) is 4.79 Å². The lowest BCUT2D eigenvalue weighted by atomic mass is 9.96. The first kappa shape index (κ1) is 16.8. The number of rotatable bonds is 4. The molecule has 27 heavy (non-hydrogen) atoms. The standard InChI is InChI=1S/C23H18N2O2/c1-15(26)25-20-10-8-17(9-11-20)21-13-24-14-22(21)23(27)19-7-6-16-4-2-3-5-18(16)12-19/h2-14,24H,1H3,(H,25,26). The second kappa shape index (κ2) is 6.92. The van der Waals surface area contributed by atoms with E-state index in [-0.39, 0.29) is 11.7 Å². The van der Waals surface area contributed by atoms with Crippen LogP contribution in [0.15, 0.2) is 79.1 Å². The molecule has 3 aromatic carbocycles. The summed E-state index contributed by atoms with van der Waals surface area (Å²) in [7, 11) is 0. The monoisotopic (exact) mass is 354 g/mol. The van der Waals surface area contributed by atoms with Crippen LogP contribution in [0.4, 0.5) is 5.69 Å². The Bertz CT molecular complexity index is 1140. The molecule has 0 fully saturated rings. The first-order valence-corrected chi connectivity index (χ1v) is 8.70. The van der Waals surface area contributed by atoms with Crippen LogP contribution < -0.4 is 5.32 Å². The highest BCUT2D eigenvalue weighted by molar-refractivity contribution is 6.14. The van der Waals surface area contributed by atoms with Crippen molar-refractivity contribution < 1.29 is 9.59 Å². The van der Waals surface area contributed by atoms with E-state index >= 15 is 0 Å². The summed E-state index contributed by atoms with van der Waals surface area (Å²) in [5.41, 5.74) is 3.75. The SMILES string of the molecule is CC(=O)Nc1ccc(-c2c[nH]cc2C(=O)c2ccc3ccccc3c2)cc1. The van der Waals surface area contributed by atoms with Crippen molar-refractivity contribution >= 4 is 28.2 Å². The third-order valence-corrected chi connectivity index (χ3v) is 4.52. The molecule has 4 aromatic rings. The fraction of sp³-hybridized carbons (Fsp3) is 0.0435. The fourth-order valence-corrected chi connectivity index (χ4v) is 3.21. The van der Waals surface area contributed by atoms with Crippen LogP contribution in [0.2, 0.25) is 0 Å². The van der Waals surface area contributed by atoms with E-state index in [9.17, 15) is 9.59 Å². The molecule has 1 heterocycles. The highest BCUT2D eigenvalue weighted by Gasteiger charge is 2.16. The van der Waals surface area contributed by atoms with Crippen molar-refractivity contribution in [2.24, 2.45) is 0 Å². The number of hydrogen-bond donors (Lipinski definition) is 2. The maximum atomic E-state index is 13.1. The molecule has 0 saturated heterocycles. The molecule has 4 rings (SSSR count). The maximum absolute atomic E-state index is 13.1. The van der Waals surface area contributed by atoms with E-state index in [1.54, 1.807) is 6.20 Å². The lowest BCUT2D eigenvalue weighted by Gasteiger charge is -2.07. The molecular weight excluding hydrogens is 336 g/mol. The molecule has 1 amide bonds. The Kier molecular flexibility index (Phi) is 4.30. The predicted octanol–water partition coefficient (Wildman–Crippen LogP) is 5.02. The lowest BCUT2D eigenvalue weighted by molar-refractivity contribution is -0.114. The van der Waals surface area contributed by atoms with Gasteiger partial charge in [-0.25, -0.2) is 0 Å². The number of nitrogens with one attached hydrogen (secondary N) is 2. The topological polar surface area (TPSA) is 62.0 Å². The van der Waals surface area contributed by atoms with Gasteiger partial charge in [-0.3, -0.25) is 9.59 Å². The number of aromatic amines is 1. The van der Waals surface area contributed by atoms with Crippen molar-refractivity contribution in [1.82, 2.24) is 4.98 Å². The van der Waals surface area contributed by atoms with Crippen molar-refractivity contribution in [3.8, 4) is 11.1 Å². The average Bonchev–Trinajstić information content (AvgIpc) is 3.17. The van der Waals surface area contributed by atoms with Crippen LogP contribution in [-0.4, -0.2) is 16.7 Å². The van der Waals surface area contributed by atoms with Gasteiger partial charge in [0.25, 0.3) is 0 Å². The Morgan fingerprint density at radius 2 is 1.59 bits per heavy atom. The van der Waals surface area contributed by atoms with Gasteiger partial charge in [0.05, 0.1) is 0 Å². The molecule has 4 heteroatoms. The molecule has 0 aliphatic rings. The Balaban J connectivity index is 1.68. The maximum Gasteiger partial charge on any atom is 0.221 e. The van der Waals surface area contributed by atoms with Gasteiger partial charge in [-0.2, -0.15) is 0 Å². The molecule has 0 spiro atoms. The van der Waals surface area contributed by atoms with Crippen molar-refractivity contribution in [3.05, 3.63) is 90.3 Å². The van der Waals surface area contributed by atoms with Gasteiger partial charge in [-0.15, -0.1) is 0 Å². The Hall–Kier alpha value is -3.66. The Morgan fingerprint density at radius 1 is 0.852 bits per heavy atom. The van der Waals surface area contributed by atoms with Crippen molar-refractivity contribution in [2.75, 3.05) is 5.32 Å². The molecule has 0 radical (unpaired) electrons. The summed E-state index contributed by atoms with van der Waals surface area (Å²) >= 11 is 0. The van der Waals surface area contributed by atoms with Crippen LogP contribution in [0.5, 0.6) is 0 Å². The number of benzene rings is 3. The number of H-pyrrole nitrogens is 1. The highest BCUT2D eigenvalue weighted by atomic mass is 16.1. The van der Waals surface area contributed by atoms with Crippen LogP contribution >= 0.6 is 0 Å². The van der Waals surface area contributed by atoms with Crippen LogP contribution in [0.3, 0.4) is 0 Å². The van der Waals surface area contributed by atoms with Gasteiger partial charge in [0.2, 0.25) is 5.91 Å². The summed E-state index contributed by atoms with van der Waals surface area (Å²) in [5.74, 6) is -0.139. The number of carbonyl (C=O) groups is 2. The molecule has 132 valence electrons. The minimum Gasteiger partial charge on any atom is -0.366 e. The smallest absolute Gasteiger partial charge is 0.221 e. The molecule has 2 N–H and O–H groups in total. The van der Waals surface area contributed by atoms with Crippen LogP contribution in [0, 0.1) is 0 Å². The molecular formula is C23H18N2O2. The average molecular weight is 354 g/mol. The molecule has 0 aliphatic carbocycles. The summed E-state index contributed by atoms with van der Waals surface area (Å²) in [5, 5.41) is 4.89. The van der Waals surface area contributed by atoms with Gasteiger partial charge in [0.15, 0.2) is 5.78 Å². The molecule has 0 bridgehead atoms. The number of amides is 1. The zero-order valence-electron chi connectivity index (χ0n) is 14.8. The van der Waals surface area contributed by atoms with E-state index in [1.165, 1.54) is 6.92 Å². The first-order chi connectivity index (χ1) is 13.1. The summed E-state index contributed by atoms with van der Waals surface area (Å²) in [6.07, 6.45) is 3.55. The largest absolute Gasteiger partial charge is 0.366 e. The molecule has 1 aromatic heterocycles. The number of aromatic nitrogens is 1. The van der Waals surface area contributed by atoms with Crippen LogP contribution in [0.25, 0.3) is 21.9 Å². The van der Waals surface area contributed by atoms with Crippen molar-refractivity contribution in [1.29, 1.82) is 0 Å². The lowest BCUT2D eigenvalue weighted by Crippen LogP contribution is -2.05. The van der Waals surface area contributed by atoms with Gasteiger partial charge < -0.3 is 10.3 Å². The molecule has 0 atom stereocenters. The van der Waals surface area contributed by atoms with E-state index in [1.807, 2.05) is 72.9 Å². The van der Waals surface area contributed by atoms with E-state index in [4.69, 9.17) is 0 Å². The van der Waals surface area contributed by atoms with E-state index in [0.717, 1.165) is 27.6 Å². The fourth-order valence-electron chi connectivity index (χ4n) is 3.21. The summed E-state index contributed by atoms with van der Waals surface area (Å²) in [4.78, 5) is 27.3. The van der Waals surface area contributed by atoms with Gasteiger partial charge in [-0.05, 0) is 34.5 Å². The Labute approximate surface area is 156 Å². The van der Waals surface area contributed by atoms with E-state index in [2.05, 4.69) is 10.3 Å². The molecule has 0 unspecified atom stereocenters. The van der Waals surface area contributed by atoms with E-state index < -0.39 is 0 Å². The molecule has 0 saturated carbocycles. The molecule has 4 nitrogen and oxygen atoms in total. The minimum absolute atomic E-state index is 0.0251. The van der Waals surface area contributed by atoms with Gasteiger partial charge >= 0.3 is 0 Å². The quantitative estimate of drug-likeness (QED) is 0.505. The Morgan fingerprint density at radius 3 is 2.33 bits per heavy atom. The summed E-state index contributed by atoms with van der Waals surface area (Å²) in [6.45, 7) is 1.47. The third-order valence-electron chi connectivity index (χ3n) is 4.52. The summed E-state index contributed by atoms with van der Waals surface area (Å²) in [6, 6.07) is 21.2. The second-order valence-corrected chi connectivity index (χ2v) is 6.43. The summed E-state index contributed by atoms with van der Waals surface area (Å²) < 4.78 is 0.